The Morgan fingerprint density at radius 3 is 3.00 bits per heavy atom. The first kappa shape index (κ1) is 8.94. The van der Waals surface area contributed by atoms with Gasteiger partial charge in [-0.2, -0.15) is 0 Å². The first-order valence-electron chi connectivity index (χ1n) is 4.65. The summed E-state index contributed by atoms with van der Waals surface area (Å²) in [6.45, 7) is 4.62. The molecule has 2 aromatic rings. The molecule has 0 aliphatic carbocycles. The largest absolute Gasteiger partial charge is 0.478 e. The smallest absolute Gasteiger partial charge is 0.215 e. The van der Waals surface area contributed by atoms with Crippen LogP contribution in [0.3, 0.4) is 0 Å². The van der Waals surface area contributed by atoms with Gasteiger partial charge in [-0.15, -0.1) is 0 Å². The maximum absolute atomic E-state index is 5.30. The third-order valence-corrected chi connectivity index (χ3v) is 2.11. The first-order chi connectivity index (χ1) is 6.81. The average molecular weight is 188 g/mol. The molecule has 0 spiro atoms. The number of nitrogens with zero attached hydrogens (tertiary/aromatic N) is 2. The van der Waals surface area contributed by atoms with Crippen LogP contribution in [0.25, 0.3) is 10.9 Å². The molecule has 0 aliphatic rings. The normalized spacial score (nSPS) is 10.4. The molecular formula is C11H12N2O. The van der Waals surface area contributed by atoms with E-state index in [4.69, 9.17) is 4.74 Å². The Balaban J connectivity index is 2.56. The van der Waals surface area contributed by atoms with E-state index in [9.17, 15) is 0 Å². The van der Waals surface area contributed by atoms with E-state index >= 15 is 0 Å². The van der Waals surface area contributed by atoms with Crippen molar-refractivity contribution in [1.29, 1.82) is 0 Å². The summed E-state index contributed by atoms with van der Waals surface area (Å²) in [5.74, 6) is 0.637. The van der Waals surface area contributed by atoms with Crippen molar-refractivity contribution in [2.75, 3.05) is 6.61 Å². The molecule has 0 N–H and O–H groups in total. The van der Waals surface area contributed by atoms with Crippen LogP contribution in [0, 0.1) is 6.92 Å². The molecule has 0 amide bonds. The molecule has 0 radical (unpaired) electrons. The lowest BCUT2D eigenvalue weighted by Crippen LogP contribution is -1.94. The Morgan fingerprint density at radius 2 is 2.21 bits per heavy atom. The summed E-state index contributed by atoms with van der Waals surface area (Å²) in [5, 5.41) is 1.08. The second-order valence-electron chi connectivity index (χ2n) is 3.10. The molecule has 0 aromatic carbocycles. The molecule has 3 nitrogen and oxygen atoms in total. The lowest BCUT2D eigenvalue weighted by Gasteiger charge is -2.04. The number of rotatable bonds is 2. The molecule has 0 bridgehead atoms. The first-order valence-corrected chi connectivity index (χ1v) is 4.65. The minimum atomic E-state index is 0.629. The number of hydrogen-bond donors (Lipinski definition) is 0. The van der Waals surface area contributed by atoms with Gasteiger partial charge in [0.2, 0.25) is 5.88 Å². The highest BCUT2D eigenvalue weighted by atomic mass is 16.5. The second-order valence-corrected chi connectivity index (χ2v) is 3.10. The summed E-state index contributed by atoms with van der Waals surface area (Å²) in [6.07, 6.45) is 3.61. The highest BCUT2D eigenvalue weighted by Gasteiger charge is 2.00. The summed E-state index contributed by atoms with van der Waals surface area (Å²) in [5.41, 5.74) is 2.12. The van der Waals surface area contributed by atoms with E-state index in [1.807, 2.05) is 32.2 Å². The topological polar surface area (TPSA) is 35.0 Å². The molecule has 3 heteroatoms. The number of hydrogen-bond acceptors (Lipinski definition) is 3. The maximum atomic E-state index is 5.30. The molecule has 2 aromatic heterocycles. The fourth-order valence-electron chi connectivity index (χ4n) is 1.38. The van der Waals surface area contributed by atoms with Gasteiger partial charge in [0.25, 0.3) is 0 Å². The van der Waals surface area contributed by atoms with Gasteiger partial charge in [0, 0.05) is 23.8 Å². The van der Waals surface area contributed by atoms with Crippen molar-refractivity contribution >= 4 is 10.9 Å². The molecule has 0 atom stereocenters. The van der Waals surface area contributed by atoms with E-state index < -0.39 is 0 Å². The Bertz CT molecular complexity index is 454. The van der Waals surface area contributed by atoms with Crippen molar-refractivity contribution < 1.29 is 4.74 Å². The molecule has 0 fully saturated rings. The van der Waals surface area contributed by atoms with Crippen LogP contribution in [-0.2, 0) is 0 Å². The Kier molecular flexibility index (Phi) is 2.31. The molecule has 72 valence electrons. The SMILES string of the molecule is CCOc1cc2nccc(C)c2cn1. The van der Waals surface area contributed by atoms with Crippen LogP contribution in [0.1, 0.15) is 12.5 Å². The molecule has 0 aliphatic heterocycles. The van der Waals surface area contributed by atoms with Gasteiger partial charge in [0.1, 0.15) is 0 Å². The highest BCUT2D eigenvalue weighted by Crippen LogP contribution is 2.18. The summed E-state index contributed by atoms with van der Waals surface area (Å²) in [6, 6.07) is 3.84. The summed E-state index contributed by atoms with van der Waals surface area (Å²) < 4.78 is 5.30. The van der Waals surface area contributed by atoms with Crippen molar-refractivity contribution in [1.82, 2.24) is 9.97 Å². The van der Waals surface area contributed by atoms with Crippen LogP contribution < -0.4 is 4.74 Å². The van der Waals surface area contributed by atoms with Crippen molar-refractivity contribution in [3.63, 3.8) is 0 Å². The van der Waals surface area contributed by atoms with Crippen LogP contribution in [0.5, 0.6) is 5.88 Å². The van der Waals surface area contributed by atoms with E-state index in [1.165, 1.54) is 5.56 Å². The minimum absolute atomic E-state index is 0.629. The average Bonchev–Trinajstić information content (AvgIpc) is 2.18. The zero-order valence-corrected chi connectivity index (χ0v) is 8.32. The maximum Gasteiger partial charge on any atom is 0.215 e. The second kappa shape index (κ2) is 3.62. The van der Waals surface area contributed by atoms with Crippen LogP contribution in [0.15, 0.2) is 24.5 Å². The van der Waals surface area contributed by atoms with Crippen LogP contribution in [0.2, 0.25) is 0 Å². The van der Waals surface area contributed by atoms with E-state index in [2.05, 4.69) is 9.97 Å². The van der Waals surface area contributed by atoms with E-state index in [-0.39, 0.29) is 0 Å². The van der Waals surface area contributed by atoms with Crippen molar-refractivity contribution in [2.45, 2.75) is 13.8 Å². The third-order valence-electron chi connectivity index (χ3n) is 2.11. The van der Waals surface area contributed by atoms with Crippen LogP contribution >= 0.6 is 0 Å². The number of ether oxygens (including phenoxy) is 1. The van der Waals surface area contributed by atoms with Crippen molar-refractivity contribution in [3.8, 4) is 5.88 Å². The molecule has 2 heterocycles. The van der Waals surface area contributed by atoms with Gasteiger partial charge in [0.15, 0.2) is 0 Å². The molecule has 0 saturated carbocycles. The Hall–Kier alpha value is -1.64. The van der Waals surface area contributed by atoms with Crippen molar-refractivity contribution in [3.05, 3.63) is 30.1 Å². The van der Waals surface area contributed by atoms with Gasteiger partial charge in [-0.05, 0) is 25.5 Å². The van der Waals surface area contributed by atoms with Gasteiger partial charge in [-0.1, -0.05) is 0 Å². The molecule has 0 unspecified atom stereocenters. The van der Waals surface area contributed by atoms with Gasteiger partial charge in [-0.3, -0.25) is 4.98 Å². The Labute approximate surface area is 82.8 Å². The van der Waals surface area contributed by atoms with Gasteiger partial charge in [0.05, 0.1) is 12.1 Å². The zero-order chi connectivity index (χ0) is 9.97. The number of aryl methyl sites for hydroxylation is 1. The van der Waals surface area contributed by atoms with Gasteiger partial charge >= 0.3 is 0 Å². The predicted octanol–water partition coefficient (Wildman–Crippen LogP) is 2.34. The van der Waals surface area contributed by atoms with Crippen LogP contribution in [0.4, 0.5) is 0 Å². The monoisotopic (exact) mass is 188 g/mol. The standard InChI is InChI=1S/C11H12N2O/c1-3-14-11-6-10-9(7-13-11)8(2)4-5-12-10/h4-7H,3H2,1-2H3. The summed E-state index contributed by atoms with van der Waals surface area (Å²) >= 11 is 0. The molecular weight excluding hydrogens is 176 g/mol. The van der Waals surface area contributed by atoms with Gasteiger partial charge in [-0.25, -0.2) is 4.98 Å². The lowest BCUT2D eigenvalue weighted by molar-refractivity contribution is 0.327. The fourth-order valence-corrected chi connectivity index (χ4v) is 1.38. The summed E-state index contributed by atoms with van der Waals surface area (Å²) in [7, 11) is 0. The molecule has 0 saturated heterocycles. The van der Waals surface area contributed by atoms with E-state index in [0.29, 0.717) is 12.5 Å². The van der Waals surface area contributed by atoms with Crippen LogP contribution in [-0.4, -0.2) is 16.6 Å². The predicted molar refractivity (Wildman–Crippen MR) is 55.4 cm³/mol. The highest BCUT2D eigenvalue weighted by molar-refractivity contribution is 5.81. The quantitative estimate of drug-likeness (QED) is 0.725. The third kappa shape index (κ3) is 1.53. The lowest BCUT2D eigenvalue weighted by atomic mass is 10.2. The zero-order valence-electron chi connectivity index (χ0n) is 8.32. The number of fused-ring (bicyclic) bond motifs is 1. The molecule has 14 heavy (non-hydrogen) atoms. The van der Waals surface area contributed by atoms with Gasteiger partial charge < -0.3 is 4.74 Å². The number of pyridine rings is 2. The minimum Gasteiger partial charge on any atom is -0.478 e. The van der Waals surface area contributed by atoms with Crippen molar-refractivity contribution in [2.24, 2.45) is 0 Å². The molecule has 2 rings (SSSR count). The summed E-state index contributed by atoms with van der Waals surface area (Å²) in [4.78, 5) is 8.46. The fraction of sp³-hybridized carbons (Fsp3) is 0.273. The number of aromatic nitrogens is 2. The van der Waals surface area contributed by atoms with E-state index in [0.717, 1.165) is 10.9 Å². The Morgan fingerprint density at radius 1 is 1.36 bits per heavy atom. The van der Waals surface area contributed by atoms with E-state index in [1.54, 1.807) is 6.20 Å².